The number of hydrogen-bond acceptors (Lipinski definition) is 9. The highest BCUT2D eigenvalue weighted by Gasteiger charge is 2.65. The number of carbonyl (C=O) groups excluding carboxylic acids is 3. The summed E-state index contributed by atoms with van der Waals surface area (Å²) in [5.41, 5.74) is 0. The summed E-state index contributed by atoms with van der Waals surface area (Å²) in [6.45, 7) is -1.32. The SMILES string of the molecule is O=C(COC(=O)C(F)(F)S(=O)(=O)O)OC1C2CC3C(=O)OC1C3O2. The average Bonchev–Trinajstić information content (AvgIpc) is 3.08. The van der Waals surface area contributed by atoms with Gasteiger partial charge in [-0.3, -0.25) is 9.35 Å². The largest absolute Gasteiger partial charge is 0.465 e. The van der Waals surface area contributed by atoms with Crippen LogP contribution in [0.2, 0.25) is 0 Å². The fourth-order valence-corrected chi connectivity index (χ4v) is 3.15. The van der Waals surface area contributed by atoms with Crippen LogP contribution in [-0.2, 0) is 43.4 Å². The maximum Gasteiger partial charge on any atom is 0.465 e. The minimum absolute atomic E-state index is 0.276. The topological polar surface area (TPSA) is 142 Å². The van der Waals surface area contributed by atoms with E-state index in [9.17, 15) is 31.6 Å². The Hall–Kier alpha value is -1.86. The van der Waals surface area contributed by atoms with Crippen LogP contribution < -0.4 is 0 Å². The summed E-state index contributed by atoms with van der Waals surface area (Å²) >= 11 is 0. The first-order chi connectivity index (χ1) is 11.0. The van der Waals surface area contributed by atoms with Gasteiger partial charge in [0.1, 0.15) is 6.10 Å². The molecule has 3 rings (SSSR count). The summed E-state index contributed by atoms with van der Waals surface area (Å²) < 4.78 is 73.9. The highest BCUT2D eigenvalue weighted by Crippen LogP contribution is 2.47. The van der Waals surface area contributed by atoms with Crippen molar-refractivity contribution in [2.75, 3.05) is 6.61 Å². The Bertz CT molecular complexity index is 704. The number of fused-ring (bicyclic) bond motifs is 1. The molecule has 13 heteroatoms. The van der Waals surface area contributed by atoms with E-state index in [1.54, 1.807) is 0 Å². The maximum absolute atomic E-state index is 12.9. The lowest BCUT2D eigenvalue weighted by atomic mass is 9.88. The molecule has 0 amide bonds. The molecular formula is C11H10F2O10S. The molecule has 3 heterocycles. The van der Waals surface area contributed by atoms with Crippen molar-refractivity contribution >= 4 is 28.0 Å². The Kier molecular flexibility index (Phi) is 3.77. The number of ether oxygens (including phenoxy) is 4. The number of alkyl halides is 2. The molecule has 0 saturated carbocycles. The van der Waals surface area contributed by atoms with Gasteiger partial charge >= 0.3 is 33.3 Å². The van der Waals surface area contributed by atoms with Crippen molar-refractivity contribution < 1.29 is 55.1 Å². The first-order valence-electron chi connectivity index (χ1n) is 6.60. The molecule has 2 bridgehead atoms. The van der Waals surface area contributed by atoms with Gasteiger partial charge in [-0.2, -0.15) is 17.2 Å². The van der Waals surface area contributed by atoms with Crippen molar-refractivity contribution in [3.8, 4) is 0 Å². The molecule has 3 saturated heterocycles. The molecule has 0 aromatic carbocycles. The third-order valence-corrected chi connectivity index (χ3v) is 4.75. The van der Waals surface area contributed by atoms with Crippen LogP contribution in [0.3, 0.4) is 0 Å². The Morgan fingerprint density at radius 2 is 2.00 bits per heavy atom. The van der Waals surface area contributed by atoms with E-state index in [2.05, 4.69) is 4.74 Å². The molecule has 0 aliphatic carbocycles. The van der Waals surface area contributed by atoms with Gasteiger partial charge in [0.05, 0.1) is 12.0 Å². The van der Waals surface area contributed by atoms with Crippen molar-refractivity contribution in [3.05, 3.63) is 0 Å². The Morgan fingerprint density at radius 1 is 1.33 bits per heavy atom. The lowest BCUT2D eigenvalue weighted by molar-refractivity contribution is -0.175. The molecule has 10 nitrogen and oxygen atoms in total. The summed E-state index contributed by atoms with van der Waals surface area (Å²) in [4.78, 5) is 34.0. The van der Waals surface area contributed by atoms with E-state index in [-0.39, 0.29) is 6.42 Å². The van der Waals surface area contributed by atoms with E-state index >= 15 is 0 Å². The quantitative estimate of drug-likeness (QED) is 0.349. The molecule has 3 aliphatic heterocycles. The van der Waals surface area contributed by atoms with Crippen LogP contribution >= 0.6 is 0 Å². The molecule has 0 aromatic heterocycles. The Balaban J connectivity index is 1.54. The second kappa shape index (κ2) is 5.32. The monoisotopic (exact) mass is 372 g/mol. The lowest BCUT2D eigenvalue weighted by Crippen LogP contribution is -2.42. The van der Waals surface area contributed by atoms with Gasteiger partial charge in [-0.25, -0.2) is 9.59 Å². The van der Waals surface area contributed by atoms with Crippen LogP contribution in [0.5, 0.6) is 0 Å². The Labute approximate surface area is 132 Å². The molecule has 134 valence electrons. The van der Waals surface area contributed by atoms with Gasteiger partial charge in [0.25, 0.3) is 0 Å². The molecule has 0 radical (unpaired) electrons. The van der Waals surface area contributed by atoms with E-state index in [0.717, 1.165) is 0 Å². The average molecular weight is 372 g/mol. The lowest BCUT2D eigenvalue weighted by Gasteiger charge is -2.22. The molecule has 3 fully saturated rings. The summed E-state index contributed by atoms with van der Waals surface area (Å²) in [6.07, 6.45) is -2.66. The molecule has 5 atom stereocenters. The summed E-state index contributed by atoms with van der Waals surface area (Å²) in [6, 6.07) is 0. The van der Waals surface area contributed by atoms with E-state index < -0.39 is 70.2 Å². The van der Waals surface area contributed by atoms with Gasteiger partial charge in [-0.1, -0.05) is 0 Å². The van der Waals surface area contributed by atoms with Crippen LogP contribution in [0, 0.1) is 5.92 Å². The van der Waals surface area contributed by atoms with Crippen LogP contribution in [0.4, 0.5) is 8.78 Å². The molecule has 3 aliphatic rings. The van der Waals surface area contributed by atoms with E-state index in [1.165, 1.54) is 0 Å². The number of hydrogen-bond donors (Lipinski definition) is 1. The first kappa shape index (κ1) is 17.0. The van der Waals surface area contributed by atoms with Crippen LogP contribution in [0.15, 0.2) is 0 Å². The van der Waals surface area contributed by atoms with Gasteiger partial charge in [-0.15, -0.1) is 0 Å². The van der Waals surface area contributed by atoms with Crippen molar-refractivity contribution in [2.45, 2.75) is 36.1 Å². The maximum atomic E-state index is 12.9. The minimum Gasteiger partial charge on any atom is -0.455 e. The van der Waals surface area contributed by atoms with Gasteiger partial charge in [0, 0.05) is 0 Å². The molecule has 1 N–H and O–H groups in total. The van der Waals surface area contributed by atoms with Crippen molar-refractivity contribution in [1.29, 1.82) is 0 Å². The number of rotatable bonds is 5. The third kappa shape index (κ3) is 2.52. The van der Waals surface area contributed by atoms with Crippen LogP contribution in [0.1, 0.15) is 6.42 Å². The normalized spacial score (nSPS) is 34.1. The molecule has 0 aromatic rings. The van der Waals surface area contributed by atoms with Crippen LogP contribution in [0.25, 0.3) is 0 Å². The fourth-order valence-electron chi connectivity index (χ4n) is 2.88. The number of esters is 3. The predicted molar refractivity (Wildman–Crippen MR) is 64.0 cm³/mol. The van der Waals surface area contributed by atoms with E-state index in [4.69, 9.17) is 18.8 Å². The standard InChI is InChI=1S/C11H10F2O10S/c12-11(13,24(17,18)19)10(16)20-2-5(14)22-7-4-1-3-6(21-4)8(7)23-9(3)15/h3-4,6-8H,1-2H2,(H,17,18,19). The van der Waals surface area contributed by atoms with Crippen molar-refractivity contribution in [1.82, 2.24) is 0 Å². The van der Waals surface area contributed by atoms with E-state index in [0.29, 0.717) is 0 Å². The Morgan fingerprint density at radius 3 is 2.62 bits per heavy atom. The van der Waals surface area contributed by atoms with Gasteiger partial charge in [0.15, 0.2) is 18.8 Å². The highest BCUT2D eigenvalue weighted by atomic mass is 32.2. The molecular weight excluding hydrogens is 362 g/mol. The van der Waals surface area contributed by atoms with Gasteiger partial charge < -0.3 is 18.9 Å². The molecule has 0 spiro atoms. The highest BCUT2D eigenvalue weighted by molar-refractivity contribution is 7.87. The zero-order chi connectivity index (χ0) is 17.9. The first-order valence-corrected chi connectivity index (χ1v) is 8.04. The van der Waals surface area contributed by atoms with Crippen LogP contribution in [-0.4, -0.2) is 67.2 Å². The van der Waals surface area contributed by atoms with Gasteiger partial charge in [-0.05, 0) is 6.42 Å². The smallest absolute Gasteiger partial charge is 0.455 e. The summed E-state index contributed by atoms with van der Waals surface area (Å²) in [7, 11) is -6.03. The zero-order valence-corrected chi connectivity index (χ0v) is 12.4. The second-order valence-corrected chi connectivity index (χ2v) is 6.87. The number of halogens is 2. The summed E-state index contributed by atoms with van der Waals surface area (Å²) in [5, 5.41) is -5.21. The number of carbonyl (C=O) groups is 3. The molecule has 24 heavy (non-hydrogen) atoms. The summed E-state index contributed by atoms with van der Waals surface area (Å²) in [5.74, 6) is -4.81. The predicted octanol–water partition coefficient (Wildman–Crippen LogP) is -1.37. The van der Waals surface area contributed by atoms with Crippen molar-refractivity contribution in [2.24, 2.45) is 5.92 Å². The second-order valence-electron chi connectivity index (χ2n) is 5.41. The van der Waals surface area contributed by atoms with Crippen molar-refractivity contribution in [3.63, 3.8) is 0 Å². The van der Waals surface area contributed by atoms with Gasteiger partial charge in [0.2, 0.25) is 0 Å². The zero-order valence-electron chi connectivity index (χ0n) is 11.6. The third-order valence-electron chi connectivity index (χ3n) is 3.93. The molecule has 5 unspecified atom stereocenters. The minimum atomic E-state index is -6.03. The fraction of sp³-hybridized carbons (Fsp3) is 0.727. The van der Waals surface area contributed by atoms with E-state index in [1.807, 2.05) is 0 Å².